The van der Waals surface area contributed by atoms with E-state index in [1.54, 1.807) is 0 Å². The fraction of sp³-hybridized carbons (Fsp3) is 0.455. The Morgan fingerprint density at radius 2 is 0.857 bits per heavy atom. The summed E-state index contributed by atoms with van der Waals surface area (Å²) in [4.78, 5) is 0. The van der Waals surface area contributed by atoms with Crippen molar-refractivity contribution in [1.29, 1.82) is 0 Å². The molecule has 2 aromatic carbocycles. The van der Waals surface area contributed by atoms with Crippen molar-refractivity contribution >= 4 is 36.2 Å². The van der Waals surface area contributed by atoms with E-state index in [-0.39, 0.29) is 24.8 Å². The Kier molecular flexibility index (Phi) is 15.2. The predicted molar refractivity (Wildman–Crippen MR) is 125 cm³/mol. The molecule has 0 aliphatic carbocycles. The molecule has 28 heavy (non-hydrogen) atoms. The van der Waals surface area contributed by atoms with Gasteiger partial charge in [0.2, 0.25) is 0 Å². The van der Waals surface area contributed by atoms with Gasteiger partial charge >= 0.3 is 0 Å². The van der Waals surface area contributed by atoms with E-state index < -0.39 is 0 Å². The number of benzene rings is 2. The molecule has 0 fully saturated rings. The summed E-state index contributed by atoms with van der Waals surface area (Å²) in [6.45, 7) is 1.59. The van der Waals surface area contributed by atoms with Gasteiger partial charge in [-0.15, -0.1) is 24.8 Å². The van der Waals surface area contributed by atoms with Crippen LogP contribution in [0.3, 0.4) is 0 Å². The molecule has 0 aromatic heterocycles. The first kappa shape index (κ1) is 26.2. The van der Waals surface area contributed by atoms with Crippen molar-refractivity contribution in [2.24, 2.45) is 0 Å². The molecule has 0 radical (unpaired) electrons. The molecule has 0 saturated carbocycles. The van der Waals surface area contributed by atoms with Gasteiger partial charge in [0, 0.05) is 25.5 Å². The standard InChI is InChI=1S/C22H32N2O2.2ClH/c1-23-19-9-13-21(14-10-19)25-17-7-5-3-4-6-8-18-26-22-15-11-20(24-2)12-16-22;;/h9-16,23-24H,3-8,17-18H2,1-2H3;2*1H. The van der Waals surface area contributed by atoms with Crippen LogP contribution in [0.4, 0.5) is 11.4 Å². The van der Waals surface area contributed by atoms with Crippen LogP contribution in [-0.4, -0.2) is 27.3 Å². The van der Waals surface area contributed by atoms with Gasteiger partial charge in [-0.05, 0) is 61.4 Å². The Balaban J connectivity index is 0.00000364. The van der Waals surface area contributed by atoms with Crippen molar-refractivity contribution in [3.05, 3.63) is 48.5 Å². The second kappa shape index (κ2) is 16.2. The highest BCUT2D eigenvalue weighted by molar-refractivity contribution is 5.85. The Morgan fingerprint density at radius 1 is 0.536 bits per heavy atom. The van der Waals surface area contributed by atoms with Gasteiger partial charge in [-0.25, -0.2) is 0 Å². The summed E-state index contributed by atoms with van der Waals surface area (Å²) in [6.07, 6.45) is 7.20. The first-order valence-corrected chi connectivity index (χ1v) is 9.63. The zero-order valence-corrected chi connectivity index (χ0v) is 18.5. The van der Waals surface area contributed by atoms with Crippen molar-refractivity contribution in [3.63, 3.8) is 0 Å². The molecule has 0 heterocycles. The SMILES string of the molecule is CNc1ccc(OCCCCCCCCOc2ccc(NC)cc2)cc1.Cl.Cl. The average molecular weight is 429 g/mol. The number of halogens is 2. The number of ether oxygens (including phenoxy) is 2. The Morgan fingerprint density at radius 3 is 1.18 bits per heavy atom. The molecule has 0 atom stereocenters. The highest BCUT2D eigenvalue weighted by Gasteiger charge is 1.97. The highest BCUT2D eigenvalue weighted by atomic mass is 35.5. The summed E-state index contributed by atoms with van der Waals surface area (Å²) >= 11 is 0. The maximum atomic E-state index is 5.76. The lowest BCUT2D eigenvalue weighted by Crippen LogP contribution is -1.99. The fourth-order valence-corrected chi connectivity index (χ4v) is 2.73. The first-order valence-electron chi connectivity index (χ1n) is 9.63. The lowest BCUT2D eigenvalue weighted by Gasteiger charge is -2.08. The number of unbranched alkanes of at least 4 members (excludes halogenated alkanes) is 5. The van der Waals surface area contributed by atoms with Crippen LogP contribution in [0.1, 0.15) is 38.5 Å². The predicted octanol–water partition coefficient (Wildman–Crippen LogP) is 6.41. The topological polar surface area (TPSA) is 42.5 Å². The van der Waals surface area contributed by atoms with Gasteiger partial charge in [-0.2, -0.15) is 0 Å². The van der Waals surface area contributed by atoms with Crippen LogP contribution < -0.4 is 20.1 Å². The van der Waals surface area contributed by atoms with Gasteiger partial charge in [0.05, 0.1) is 13.2 Å². The fourth-order valence-electron chi connectivity index (χ4n) is 2.73. The normalized spacial score (nSPS) is 9.64. The molecule has 6 heteroatoms. The Labute approximate surface area is 182 Å². The molecule has 4 nitrogen and oxygen atoms in total. The van der Waals surface area contributed by atoms with Crippen LogP contribution in [0.5, 0.6) is 11.5 Å². The second-order valence-corrected chi connectivity index (χ2v) is 6.37. The first-order chi connectivity index (χ1) is 12.8. The van der Waals surface area contributed by atoms with E-state index in [1.807, 2.05) is 62.6 Å². The maximum Gasteiger partial charge on any atom is 0.119 e. The smallest absolute Gasteiger partial charge is 0.119 e. The number of hydrogen-bond acceptors (Lipinski definition) is 4. The van der Waals surface area contributed by atoms with Crippen LogP contribution in [-0.2, 0) is 0 Å². The summed E-state index contributed by atoms with van der Waals surface area (Å²) in [7, 11) is 3.84. The quantitative estimate of drug-likeness (QED) is 0.361. The van der Waals surface area contributed by atoms with E-state index in [0.29, 0.717) is 0 Å². The van der Waals surface area contributed by atoms with E-state index in [9.17, 15) is 0 Å². The molecule has 0 saturated heterocycles. The van der Waals surface area contributed by atoms with Crippen LogP contribution in [0.15, 0.2) is 48.5 Å². The summed E-state index contributed by atoms with van der Waals surface area (Å²) in [6, 6.07) is 16.2. The van der Waals surface area contributed by atoms with Crippen molar-refractivity contribution < 1.29 is 9.47 Å². The highest BCUT2D eigenvalue weighted by Crippen LogP contribution is 2.17. The number of hydrogen-bond donors (Lipinski definition) is 2. The van der Waals surface area contributed by atoms with Gasteiger partial charge in [0.15, 0.2) is 0 Å². The number of anilines is 2. The summed E-state index contributed by atoms with van der Waals surface area (Å²) in [5.74, 6) is 1.90. The largest absolute Gasteiger partial charge is 0.494 e. The third kappa shape index (κ3) is 10.5. The minimum atomic E-state index is 0. The number of nitrogens with one attached hydrogen (secondary N) is 2. The Bertz CT molecular complexity index is 551. The monoisotopic (exact) mass is 428 g/mol. The van der Waals surface area contributed by atoms with E-state index in [2.05, 4.69) is 10.6 Å². The molecule has 2 N–H and O–H groups in total. The zero-order valence-electron chi connectivity index (χ0n) is 16.9. The zero-order chi connectivity index (χ0) is 18.5. The summed E-state index contributed by atoms with van der Waals surface area (Å²) in [5.41, 5.74) is 2.22. The molecule has 0 bridgehead atoms. The van der Waals surface area contributed by atoms with Crippen LogP contribution in [0.2, 0.25) is 0 Å². The lowest BCUT2D eigenvalue weighted by atomic mass is 10.1. The van der Waals surface area contributed by atoms with Gasteiger partial charge < -0.3 is 20.1 Å². The Hall–Kier alpha value is -1.78. The lowest BCUT2D eigenvalue weighted by molar-refractivity contribution is 0.297. The molecule has 0 amide bonds. The van der Waals surface area contributed by atoms with Crippen LogP contribution in [0, 0.1) is 0 Å². The van der Waals surface area contributed by atoms with Gasteiger partial charge in [0.1, 0.15) is 11.5 Å². The number of rotatable bonds is 13. The van der Waals surface area contributed by atoms with Crippen molar-refractivity contribution in [2.75, 3.05) is 37.9 Å². The third-order valence-electron chi connectivity index (χ3n) is 4.36. The van der Waals surface area contributed by atoms with Crippen LogP contribution in [0.25, 0.3) is 0 Å². The molecular formula is C22H34Cl2N2O2. The maximum absolute atomic E-state index is 5.76. The third-order valence-corrected chi connectivity index (χ3v) is 4.36. The van der Waals surface area contributed by atoms with E-state index in [1.165, 1.54) is 25.7 Å². The van der Waals surface area contributed by atoms with E-state index in [0.717, 1.165) is 48.9 Å². The minimum Gasteiger partial charge on any atom is -0.494 e. The molecule has 0 aliphatic heterocycles. The molecule has 0 spiro atoms. The second-order valence-electron chi connectivity index (χ2n) is 6.37. The summed E-state index contributed by atoms with van der Waals surface area (Å²) < 4.78 is 11.5. The minimum absolute atomic E-state index is 0. The molecule has 2 rings (SSSR count). The molecule has 158 valence electrons. The van der Waals surface area contributed by atoms with Gasteiger partial charge in [-0.3, -0.25) is 0 Å². The van der Waals surface area contributed by atoms with Gasteiger partial charge in [-0.1, -0.05) is 25.7 Å². The molecular weight excluding hydrogens is 395 g/mol. The average Bonchev–Trinajstić information content (AvgIpc) is 2.70. The molecule has 2 aromatic rings. The molecule has 0 unspecified atom stereocenters. The molecule has 0 aliphatic rings. The van der Waals surface area contributed by atoms with Crippen molar-refractivity contribution in [2.45, 2.75) is 38.5 Å². The summed E-state index contributed by atoms with van der Waals surface area (Å²) in [5, 5.41) is 6.21. The van der Waals surface area contributed by atoms with Crippen LogP contribution >= 0.6 is 24.8 Å². The van der Waals surface area contributed by atoms with E-state index >= 15 is 0 Å². The van der Waals surface area contributed by atoms with Crippen molar-refractivity contribution in [1.82, 2.24) is 0 Å². The van der Waals surface area contributed by atoms with Crippen molar-refractivity contribution in [3.8, 4) is 11.5 Å². The van der Waals surface area contributed by atoms with E-state index in [4.69, 9.17) is 9.47 Å². The van der Waals surface area contributed by atoms with Gasteiger partial charge in [0.25, 0.3) is 0 Å².